The van der Waals surface area contributed by atoms with Crippen molar-refractivity contribution < 1.29 is 9.59 Å². The summed E-state index contributed by atoms with van der Waals surface area (Å²) in [5, 5.41) is 0. The molecule has 0 aliphatic heterocycles. The predicted octanol–water partition coefficient (Wildman–Crippen LogP) is 4.34. The Kier molecular flexibility index (Phi) is 4.09. The van der Waals surface area contributed by atoms with Gasteiger partial charge in [-0.3, -0.25) is 9.59 Å². The molecule has 4 rings (SSSR count). The van der Waals surface area contributed by atoms with Crippen LogP contribution in [0.1, 0.15) is 78.6 Å². The smallest absolute Gasteiger partial charge is 0.220 e. The summed E-state index contributed by atoms with van der Waals surface area (Å²) in [6, 6.07) is 0. The summed E-state index contributed by atoms with van der Waals surface area (Å²) < 4.78 is 0. The summed E-state index contributed by atoms with van der Waals surface area (Å²) in [7, 11) is 0. The number of carbonyl (C=O) groups is 2. The van der Waals surface area contributed by atoms with Crippen LogP contribution in [-0.2, 0) is 9.59 Å². The molecule has 1 amide bonds. The van der Waals surface area contributed by atoms with Crippen LogP contribution in [0.25, 0.3) is 0 Å². The first-order chi connectivity index (χ1) is 11.8. The summed E-state index contributed by atoms with van der Waals surface area (Å²) in [5.41, 5.74) is 6.27. The van der Waals surface area contributed by atoms with Gasteiger partial charge in [-0.1, -0.05) is 13.8 Å². The first-order valence-corrected chi connectivity index (χ1v) is 10.6. The van der Waals surface area contributed by atoms with Gasteiger partial charge in [0.1, 0.15) is 5.78 Å². The van der Waals surface area contributed by atoms with Gasteiger partial charge in [0.25, 0.3) is 0 Å². The van der Waals surface area contributed by atoms with Crippen molar-refractivity contribution in [1.82, 2.24) is 0 Å². The Labute approximate surface area is 152 Å². The minimum Gasteiger partial charge on any atom is -0.369 e. The van der Waals surface area contributed by atoms with E-state index in [1.54, 1.807) is 0 Å². The lowest BCUT2D eigenvalue weighted by Gasteiger charge is -2.61. The molecule has 2 unspecified atom stereocenters. The van der Waals surface area contributed by atoms with Crippen LogP contribution in [-0.4, -0.2) is 11.7 Å². The molecule has 0 saturated heterocycles. The van der Waals surface area contributed by atoms with E-state index in [-0.39, 0.29) is 17.2 Å². The fraction of sp³-hybridized carbons (Fsp3) is 0.909. The second kappa shape index (κ2) is 5.82. The lowest BCUT2D eigenvalue weighted by atomic mass is 9.44. The van der Waals surface area contributed by atoms with E-state index in [9.17, 15) is 9.59 Å². The van der Waals surface area contributed by atoms with Gasteiger partial charge in [0.05, 0.1) is 0 Å². The number of carbonyl (C=O) groups excluding carboxylic acids is 2. The fourth-order valence-electron chi connectivity index (χ4n) is 8.18. The van der Waals surface area contributed by atoms with Gasteiger partial charge in [0, 0.05) is 11.8 Å². The summed E-state index contributed by atoms with van der Waals surface area (Å²) in [4.78, 5) is 23.9. The summed E-state index contributed by atoms with van der Waals surface area (Å²) >= 11 is 0. The molecule has 4 aliphatic rings. The lowest BCUT2D eigenvalue weighted by molar-refractivity contribution is -0.139. The highest BCUT2D eigenvalue weighted by molar-refractivity contribution is 5.79. The van der Waals surface area contributed by atoms with Gasteiger partial charge in [-0.05, 0) is 99.2 Å². The second-order valence-corrected chi connectivity index (χ2v) is 10.3. The molecule has 0 aromatic carbocycles. The van der Waals surface area contributed by atoms with Crippen LogP contribution < -0.4 is 5.73 Å². The Bertz CT molecular complexity index is 587. The largest absolute Gasteiger partial charge is 0.369 e. The molecule has 0 spiro atoms. The normalized spacial score (nSPS) is 52.0. The highest BCUT2D eigenvalue weighted by Gasteiger charge is 2.60. The number of hydrogen-bond acceptors (Lipinski definition) is 2. The second-order valence-electron chi connectivity index (χ2n) is 10.3. The number of fused-ring (bicyclic) bond motifs is 5. The molecule has 140 valence electrons. The zero-order valence-corrected chi connectivity index (χ0v) is 16.2. The molecule has 2 N–H and O–H groups in total. The molecule has 3 nitrogen and oxygen atoms in total. The molecule has 4 aliphatic carbocycles. The standard InChI is InChI=1S/C22H35NO2/c1-13(24)17-6-7-18-16-5-4-15-12-14(20(23)25)8-10-21(15,2)19(16)9-11-22(17,18)3/h14-19H,4-12H2,1-3H3,(H2,23,25)/t14?,15?,16-,17+,18-,19-,21-,22+/m0/s1. The third-order valence-electron chi connectivity index (χ3n) is 9.56. The predicted molar refractivity (Wildman–Crippen MR) is 98.6 cm³/mol. The van der Waals surface area contributed by atoms with Crippen molar-refractivity contribution in [3.63, 3.8) is 0 Å². The number of nitrogens with two attached hydrogens (primary N) is 1. The zero-order valence-electron chi connectivity index (χ0n) is 16.2. The number of ketones is 1. The fourth-order valence-corrected chi connectivity index (χ4v) is 8.18. The van der Waals surface area contributed by atoms with Gasteiger partial charge in [0.2, 0.25) is 5.91 Å². The Balaban J connectivity index is 1.58. The Morgan fingerprint density at radius 1 is 0.880 bits per heavy atom. The average Bonchev–Trinajstić information content (AvgIpc) is 2.91. The molecule has 4 saturated carbocycles. The Morgan fingerprint density at radius 2 is 1.56 bits per heavy atom. The van der Waals surface area contributed by atoms with Crippen LogP contribution in [0.2, 0.25) is 0 Å². The van der Waals surface area contributed by atoms with E-state index < -0.39 is 0 Å². The lowest BCUT2D eigenvalue weighted by Crippen LogP contribution is -2.54. The van der Waals surface area contributed by atoms with E-state index in [4.69, 9.17) is 5.73 Å². The SMILES string of the molecule is CC(=O)[C@H]1CC[C@H]2[C@@H]3CCC4CC(C(N)=O)CC[C@]4(C)[C@H]3CC[C@]12C. The highest BCUT2D eigenvalue weighted by atomic mass is 16.1. The van der Waals surface area contributed by atoms with E-state index in [1.165, 1.54) is 38.5 Å². The zero-order chi connectivity index (χ0) is 18.0. The van der Waals surface area contributed by atoms with E-state index in [0.717, 1.165) is 37.0 Å². The minimum atomic E-state index is -0.0829. The van der Waals surface area contributed by atoms with Gasteiger partial charge in [-0.15, -0.1) is 0 Å². The van der Waals surface area contributed by atoms with Crippen molar-refractivity contribution in [1.29, 1.82) is 0 Å². The quantitative estimate of drug-likeness (QED) is 0.809. The minimum absolute atomic E-state index is 0.0829. The number of hydrogen-bond donors (Lipinski definition) is 1. The number of primary amides is 1. The van der Waals surface area contributed by atoms with Gasteiger partial charge in [-0.2, -0.15) is 0 Å². The van der Waals surface area contributed by atoms with Gasteiger partial charge in [0.15, 0.2) is 0 Å². The van der Waals surface area contributed by atoms with E-state index in [0.29, 0.717) is 23.0 Å². The maximum absolute atomic E-state index is 12.2. The Hall–Kier alpha value is -0.860. The van der Waals surface area contributed by atoms with E-state index in [2.05, 4.69) is 13.8 Å². The summed E-state index contributed by atoms with van der Waals surface area (Å²) in [6.45, 7) is 6.75. The van der Waals surface area contributed by atoms with Crippen LogP contribution in [0, 0.1) is 46.3 Å². The first kappa shape index (κ1) is 17.5. The van der Waals surface area contributed by atoms with Crippen molar-refractivity contribution in [3.8, 4) is 0 Å². The van der Waals surface area contributed by atoms with Crippen molar-refractivity contribution >= 4 is 11.7 Å². The molecule has 0 aromatic rings. The molecule has 0 aromatic heterocycles. The molecule has 0 heterocycles. The van der Waals surface area contributed by atoms with Gasteiger partial charge >= 0.3 is 0 Å². The van der Waals surface area contributed by atoms with Crippen LogP contribution in [0.3, 0.4) is 0 Å². The van der Waals surface area contributed by atoms with Crippen LogP contribution in [0.15, 0.2) is 0 Å². The Morgan fingerprint density at radius 3 is 2.24 bits per heavy atom. The average molecular weight is 346 g/mol. The maximum Gasteiger partial charge on any atom is 0.220 e. The molecule has 0 radical (unpaired) electrons. The molecule has 3 heteroatoms. The van der Waals surface area contributed by atoms with Gasteiger partial charge < -0.3 is 5.73 Å². The third-order valence-corrected chi connectivity index (χ3v) is 9.56. The van der Waals surface area contributed by atoms with Crippen molar-refractivity contribution in [2.45, 2.75) is 78.6 Å². The van der Waals surface area contributed by atoms with Crippen molar-refractivity contribution in [3.05, 3.63) is 0 Å². The number of amides is 1. The van der Waals surface area contributed by atoms with Crippen LogP contribution >= 0.6 is 0 Å². The molecular formula is C22H35NO2. The van der Waals surface area contributed by atoms with Crippen LogP contribution in [0.5, 0.6) is 0 Å². The third kappa shape index (κ3) is 2.44. The van der Waals surface area contributed by atoms with Crippen molar-refractivity contribution in [2.75, 3.05) is 0 Å². The maximum atomic E-state index is 12.2. The van der Waals surface area contributed by atoms with E-state index in [1.807, 2.05) is 6.92 Å². The summed E-state index contributed by atoms with van der Waals surface area (Å²) in [6.07, 6.45) is 10.6. The van der Waals surface area contributed by atoms with E-state index >= 15 is 0 Å². The number of Topliss-reactive ketones (excluding diaryl/α,β-unsaturated/α-hetero) is 1. The van der Waals surface area contributed by atoms with Crippen LogP contribution in [0.4, 0.5) is 0 Å². The molecule has 0 bridgehead atoms. The topological polar surface area (TPSA) is 60.2 Å². The molecule has 8 atom stereocenters. The highest BCUT2D eigenvalue weighted by Crippen LogP contribution is 2.67. The molecular weight excluding hydrogens is 310 g/mol. The molecule has 25 heavy (non-hydrogen) atoms. The van der Waals surface area contributed by atoms with Gasteiger partial charge in [-0.25, -0.2) is 0 Å². The van der Waals surface area contributed by atoms with Crippen molar-refractivity contribution in [2.24, 2.45) is 52.1 Å². The first-order valence-electron chi connectivity index (χ1n) is 10.6. The monoisotopic (exact) mass is 345 g/mol. The summed E-state index contributed by atoms with van der Waals surface area (Å²) in [5.74, 6) is 3.76. The number of rotatable bonds is 2. The molecule has 4 fully saturated rings.